The van der Waals surface area contributed by atoms with Gasteiger partial charge in [-0.3, -0.25) is 14.5 Å². The SMILES string of the molecule is CC1=C(SC(C)C)C(=O)N(C(C)(C)C(=O)Nc2ccccc2F)CO1. The topological polar surface area (TPSA) is 58.6 Å². The Morgan fingerprint density at radius 1 is 1.36 bits per heavy atom. The summed E-state index contributed by atoms with van der Waals surface area (Å²) in [5, 5.41) is 2.75. The van der Waals surface area contributed by atoms with Crippen molar-refractivity contribution in [1.29, 1.82) is 0 Å². The summed E-state index contributed by atoms with van der Waals surface area (Å²) < 4.78 is 19.4. The van der Waals surface area contributed by atoms with Gasteiger partial charge in [0.25, 0.3) is 5.91 Å². The lowest BCUT2D eigenvalue weighted by atomic mass is 10.0. The Bertz CT molecular complexity index is 716. The lowest BCUT2D eigenvalue weighted by molar-refractivity contribution is -0.148. The number of thioether (sulfide) groups is 1. The van der Waals surface area contributed by atoms with Crippen molar-refractivity contribution < 1.29 is 18.7 Å². The number of allylic oxidation sites excluding steroid dienone is 1. The van der Waals surface area contributed by atoms with Gasteiger partial charge in [0, 0.05) is 5.25 Å². The molecule has 0 unspecified atom stereocenters. The van der Waals surface area contributed by atoms with Crippen molar-refractivity contribution in [2.24, 2.45) is 0 Å². The molecule has 2 amide bonds. The first-order valence-electron chi connectivity index (χ1n) is 8.03. The molecule has 7 heteroatoms. The van der Waals surface area contributed by atoms with E-state index in [0.717, 1.165) is 0 Å². The van der Waals surface area contributed by atoms with Gasteiger partial charge in [-0.1, -0.05) is 26.0 Å². The van der Waals surface area contributed by atoms with Crippen LogP contribution in [0.1, 0.15) is 34.6 Å². The van der Waals surface area contributed by atoms with Crippen LogP contribution in [0.25, 0.3) is 0 Å². The highest BCUT2D eigenvalue weighted by Crippen LogP contribution is 2.33. The number of anilines is 1. The van der Waals surface area contributed by atoms with Crippen molar-refractivity contribution in [2.75, 3.05) is 12.0 Å². The Labute approximate surface area is 151 Å². The summed E-state index contributed by atoms with van der Waals surface area (Å²) in [5.74, 6) is -0.705. The number of nitrogens with one attached hydrogen (secondary N) is 1. The fourth-order valence-corrected chi connectivity index (χ4v) is 3.21. The monoisotopic (exact) mass is 366 g/mol. The molecule has 0 aromatic heterocycles. The molecule has 1 aliphatic rings. The first kappa shape index (κ1) is 19.3. The van der Waals surface area contributed by atoms with Crippen molar-refractivity contribution in [3.63, 3.8) is 0 Å². The average Bonchev–Trinajstić information content (AvgIpc) is 2.53. The second kappa shape index (κ2) is 7.47. The van der Waals surface area contributed by atoms with E-state index >= 15 is 0 Å². The summed E-state index contributed by atoms with van der Waals surface area (Å²) in [7, 11) is 0. The van der Waals surface area contributed by atoms with E-state index in [1.54, 1.807) is 32.9 Å². The van der Waals surface area contributed by atoms with Crippen molar-refractivity contribution in [1.82, 2.24) is 4.90 Å². The highest BCUT2D eigenvalue weighted by Gasteiger charge is 2.42. The van der Waals surface area contributed by atoms with Crippen LogP contribution in [0.3, 0.4) is 0 Å². The molecule has 1 aliphatic heterocycles. The first-order valence-corrected chi connectivity index (χ1v) is 8.91. The number of carbonyl (C=O) groups is 2. The molecule has 1 aromatic rings. The van der Waals surface area contributed by atoms with Crippen LogP contribution in [0.2, 0.25) is 0 Å². The van der Waals surface area contributed by atoms with E-state index in [2.05, 4.69) is 5.32 Å². The molecule has 136 valence electrons. The smallest absolute Gasteiger partial charge is 0.267 e. The molecule has 2 rings (SSSR count). The fraction of sp³-hybridized carbons (Fsp3) is 0.444. The molecule has 0 radical (unpaired) electrons. The van der Waals surface area contributed by atoms with Crippen LogP contribution in [0.15, 0.2) is 34.9 Å². The molecular weight excluding hydrogens is 343 g/mol. The minimum absolute atomic E-state index is 0.0233. The Hall–Kier alpha value is -2.02. The van der Waals surface area contributed by atoms with Crippen LogP contribution in [0.5, 0.6) is 0 Å². The predicted molar refractivity (Wildman–Crippen MR) is 97.3 cm³/mol. The van der Waals surface area contributed by atoms with Gasteiger partial charge in [0.2, 0.25) is 5.91 Å². The highest BCUT2D eigenvalue weighted by atomic mass is 32.2. The van der Waals surface area contributed by atoms with Crippen molar-refractivity contribution in [2.45, 2.75) is 45.4 Å². The molecule has 0 aliphatic carbocycles. The van der Waals surface area contributed by atoms with Crippen molar-refractivity contribution >= 4 is 29.3 Å². The van der Waals surface area contributed by atoms with Gasteiger partial charge in [-0.15, -0.1) is 11.8 Å². The summed E-state index contributed by atoms with van der Waals surface area (Å²) in [4.78, 5) is 27.4. The Morgan fingerprint density at radius 3 is 2.60 bits per heavy atom. The van der Waals surface area contributed by atoms with Crippen LogP contribution in [0.4, 0.5) is 10.1 Å². The van der Waals surface area contributed by atoms with Crippen LogP contribution >= 0.6 is 11.8 Å². The van der Waals surface area contributed by atoms with E-state index in [4.69, 9.17) is 4.74 Å². The van der Waals surface area contributed by atoms with Gasteiger partial charge in [0.05, 0.1) is 5.69 Å². The number of hydrogen-bond donors (Lipinski definition) is 1. The number of halogens is 1. The third-order valence-electron chi connectivity index (χ3n) is 3.88. The third kappa shape index (κ3) is 4.15. The van der Waals surface area contributed by atoms with Gasteiger partial charge in [0.15, 0.2) is 6.73 Å². The molecule has 1 aromatic carbocycles. The number of carbonyl (C=O) groups excluding carboxylic acids is 2. The summed E-state index contributed by atoms with van der Waals surface area (Å²) in [6, 6.07) is 5.91. The van der Waals surface area contributed by atoms with E-state index in [9.17, 15) is 14.0 Å². The van der Waals surface area contributed by atoms with Crippen LogP contribution in [0, 0.1) is 5.82 Å². The van der Waals surface area contributed by atoms with E-state index in [-0.39, 0.29) is 23.6 Å². The summed E-state index contributed by atoms with van der Waals surface area (Å²) in [6.45, 7) is 8.91. The van der Waals surface area contributed by atoms with E-state index in [1.165, 1.54) is 28.8 Å². The van der Waals surface area contributed by atoms with E-state index in [0.29, 0.717) is 10.7 Å². The summed E-state index contributed by atoms with van der Waals surface area (Å²) in [6.07, 6.45) is 0. The normalized spacial score (nSPS) is 15.5. The molecule has 25 heavy (non-hydrogen) atoms. The molecule has 0 spiro atoms. The van der Waals surface area contributed by atoms with Gasteiger partial charge in [0.1, 0.15) is 22.0 Å². The first-order chi connectivity index (χ1) is 11.6. The molecule has 0 saturated heterocycles. The van der Waals surface area contributed by atoms with E-state index < -0.39 is 17.3 Å². The molecule has 1 heterocycles. The summed E-state index contributed by atoms with van der Waals surface area (Å²) >= 11 is 1.40. The molecule has 1 N–H and O–H groups in total. The van der Waals surface area contributed by atoms with E-state index in [1.807, 2.05) is 13.8 Å². The lowest BCUT2D eigenvalue weighted by Gasteiger charge is -2.40. The fourth-order valence-electron chi connectivity index (χ4n) is 2.30. The molecule has 0 bridgehead atoms. The minimum Gasteiger partial charge on any atom is -0.476 e. The standard InChI is InChI=1S/C18H23FN2O3S/c1-11(2)25-15-12(3)24-10-21(16(15)22)18(4,5)17(23)20-14-9-7-6-8-13(14)19/h6-9,11H,10H2,1-5H3,(H,20,23). The maximum Gasteiger partial charge on any atom is 0.267 e. The van der Waals surface area contributed by atoms with Crippen LogP contribution in [-0.2, 0) is 14.3 Å². The second-order valence-corrected chi connectivity index (χ2v) is 8.14. The highest BCUT2D eigenvalue weighted by molar-refractivity contribution is 8.04. The number of nitrogens with zero attached hydrogens (tertiary/aromatic N) is 1. The molecule has 5 nitrogen and oxygen atoms in total. The maximum atomic E-state index is 13.8. The zero-order chi connectivity index (χ0) is 18.8. The second-order valence-electron chi connectivity index (χ2n) is 6.55. The van der Waals surface area contributed by atoms with Gasteiger partial charge >= 0.3 is 0 Å². The number of rotatable bonds is 5. The predicted octanol–water partition coefficient (Wildman–Crippen LogP) is 3.73. The van der Waals surface area contributed by atoms with Gasteiger partial charge < -0.3 is 10.1 Å². The molecular formula is C18H23FN2O3S. The lowest BCUT2D eigenvalue weighted by Crippen LogP contribution is -2.57. The molecule has 0 atom stereocenters. The van der Waals surface area contributed by atoms with Gasteiger partial charge in [-0.25, -0.2) is 4.39 Å². The van der Waals surface area contributed by atoms with Crippen LogP contribution in [-0.4, -0.2) is 34.2 Å². The van der Waals surface area contributed by atoms with Crippen molar-refractivity contribution in [3.8, 4) is 0 Å². The van der Waals surface area contributed by atoms with Crippen molar-refractivity contribution in [3.05, 3.63) is 40.7 Å². The van der Waals surface area contributed by atoms with Gasteiger partial charge in [-0.05, 0) is 32.9 Å². The number of ether oxygens (including phenoxy) is 1. The number of amides is 2. The van der Waals surface area contributed by atoms with Gasteiger partial charge in [-0.2, -0.15) is 0 Å². The molecule has 0 saturated carbocycles. The summed E-state index contributed by atoms with van der Waals surface area (Å²) in [5.41, 5.74) is -1.13. The third-order valence-corrected chi connectivity index (χ3v) is 5.04. The average molecular weight is 366 g/mol. The number of para-hydroxylation sites is 1. The Balaban J connectivity index is 2.22. The molecule has 0 fully saturated rings. The maximum absolute atomic E-state index is 13.8. The number of hydrogen-bond acceptors (Lipinski definition) is 4. The largest absolute Gasteiger partial charge is 0.476 e. The zero-order valence-electron chi connectivity index (χ0n) is 15.1. The quantitative estimate of drug-likeness (QED) is 0.863. The zero-order valence-corrected chi connectivity index (χ0v) is 15.9. The number of benzene rings is 1. The van der Waals surface area contributed by atoms with Crippen LogP contribution < -0.4 is 5.32 Å². The Morgan fingerprint density at radius 2 is 2.00 bits per heavy atom. The Kier molecular flexibility index (Phi) is 5.77. The minimum atomic E-state index is -1.21.